The second-order valence-electron chi connectivity index (χ2n) is 5.67. The third-order valence-electron chi connectivity index (χ3n) is 4.08. The van der Waals surface area contributed by atoms with Crippen LogP contribution < -0.4 is 10.2 Å². The smallest absolute Gasteiger partial charge is 0.465 e. The number of hydrogen-bond donors (Lipinski definition) is 1. The number of ether oxygens (including phenoxy) is 2. The lowest BCUT2D eigenvalue weighted by atomic mass is 9.80. The number of esters is 1. The van der Waals surface area contributed by atoms with Gasteiger partial charge in [0.25, 0.3) is 0 Å². The summed E-state index contributed by atoms with van der Waals surface area (Å²) < 4.78 is 15.7. The van der Waals surface area contributed by atoms with E-state index < -0.39 is 7.12 Å². The number of pyridine rings is 1. The van der Waals surface area contributed by atoms with E-state index in [1.165, 1.54) is 7.11 Å². The zero-order valence-electron chi connectivity index (χ0n) is 13.4. The summed E-state index contributed by atoms with van der Waals surface area (Å²) in [7, 11) is 0.481. The molecule has 1 aliphatic heterocycles. The van der Waals surface area contributed by atoms with Gasteiger partial charge < -0.3 is 19.2 Å². The van der Waals surface area contributed by atoms with Gasteiger partial charge >= 0.3 is 13.1 Å². The molecule has 1 N–H and O–H groups in total. The van der Waals surface area contributed by atoms with Crippen LogP contribution in [0.2, 0.25) is 0 Å². The normalized spacial score (nSPS) is 13.0. The Hall–Kier alpha value is -2.90. The van der Waals surface area contributed by atoms with Crippen LogP contribution in [0.25, 0.3) is 10.9 Å². The number of carbonyl (C=O) groups excluding carboxylic acids is 1. The maximum Gasteiger partial charge on any atom is 0.491 e. The van der Waals surface area contributed by atoms with E-state index in [1.807, 2.05) is 12.1 Å². The van der Waals surface area contributed by atoms with Crippen molar-refractivity contribution in [2.75, 3.05) is 7.11 Å². The average molecular weight is 335 g/mol. The summed E-state index contributed by atoms with van der Waals surface area (Å²) in [4.78, 5) is 16.0. The Balaban J connectivity index is 1.61. The first-order valence-corrected chi connectivity index (χ1v) is 7.73. The summed E-state index contributed by atoms with van der Waals surface area (Å²) >= 11 is 0. The Bertz CT molecular complexity index is 975. The van der Waals surface area contributed by atoms with E-state index in [9.17, 15) is 9.82 Å². The number of carbonyl (C=O) groups is 1. The summed E-state index contributed by atoms with van der Waals surface area (Å²) in [6.07, 6.45) is 0. The Labute approximate surface area is 144 Å². The highest BCUT2D eigenvalue weighted by Gasteiger charge is 2.27. The molecule has 6 nitrogen and oxygen atoms in total. The van der Waals surface area contributed by atoms with Gasteiger partial charge in [-0.2, -0.15) is 0 Å². The molecule has 0 atom stereocenters. The molecule has 0 saturated heterocycles. The van der Waals surface area contributed by atoms with Crippen molar-refractivity contribution in [1.29, 1.82) is 0 Å². The summed E-state index contributed by atoms with van der Waals surface area (Å²) in [5, 5.41) is 10.5. The fourth-order valence-corrected chi connectivity index (χ4v) is 2.80. The molecule has 0 radical (unpaired) electrons. The maximum atomic E-state index is 11.6. The molecule has 0 saturated carbocycles. The monoisotopic (exact) mass is 335 g/mol. The van der Waals surface area contributed by atoms with Crippen molar-refractivity contribution < 1.29 is 23.9 Å². The van der Waals surface area contributed by atoms with Crippen molar-refractivity contribution in [2.45, 2.75) is 6.61 Å². The van der Waals surface area contributed by atoms with Crippen LogP contribution in [0.4, 0.5) is 0 Å². The lowest BCUT2D eigenvalue weighted by Gasteiger charge is -2.08. The number of methoxy groups -OCH3 is 1. The Kier molecular flexibility index (Phi) is 3.87. The van der Waals surface area contributed by atoms with Crippen LogP contribution >= 0.6 is 0 Å². The topological polar surface area (TPSA) is 77.9 Å². The van der Waals surface area contributed by atoms with Crippen LogP contribution in [-0.4, -0.2) is 30.2 Å². The Morgan fingerprint density at radius 1 is 1.20 bits per heavy atom. The molecule has 1 aliphatic rings. The molecular weight excluding hydrogens is 321 g/mol. The van der Waals surface area contributed by atoms with Gasteiger partial charge in [-0.3, -0.25) is 0 Å². The van der Waals surface area contributed by atoms with Crippen molar-refractivity contribution in [2.24, 2.45) is 0 Å². The first kappa shape index (κ1) is 15.6. The molecular formula is C18H14BNO5. The van der Waals surface area contributed by atoms with E-state index in [0.717, 1.165) is 16.4 Å². The Morgan fingerprint density at radius 3 is 2.92 bits per heavy atom. The van der Waals surface area contributed by atoms with E-state index >= 15 is 0 Å². The number of benzene rings is 2. The van der Waals surface area contributed by atoms with Crippen LogP contribution in [0, 0.1) is 0 Å². The zero-order valence-corrected chi connectivity index (χ0v) is 13.4. The van der Waals surface area contributed by atoms with Crippen molar-refractivity contribution in [3.8, 4) is 11.6 Å². The van der Waals surface area contributed by atoms with Crippen LogP contribution in [0.3, 0.4) is 0 Å². The van der Waals surface area contributed by atoms with Gasteiger partial charge in [0.15, 0.2) is 0 Å². The molecule has 4 rings (SSSR count). The minimum absolute atomic E-state index is 0.356. The van der Waals surface area contributed by atoms with Crippen LogP contribution in [0.15, 0.2) is 48.5 Å². The van der Waals surface area contributed by atoms with E-state index in [-0.39, 0.29) is 5.97 Å². The first-order chi connectivity index (χ1) is 12.1. The van der Waals surface area contributed by atoms with Gasteiger partial charge in [0, 0.05) is 11.5 Å². The molecule has 0 spiro atoms. The molecule has 0 unspecified atom stereocenters. The average Bonchev–Trinajstić information content (AvgIpc) is 3.01. The summed E-state index contributed by atoms with van der Waals surface area (Å²) in [5.41, 5.74) is 2.84. The van der Waals surface area contributed by atoms with Crippen molar-refractivity contribution >= 4 is 29.5 Å². The quantitative estimate of drug-likeness (QED) is 0.583. The van der Waals surface area contributed by atoms with E-state index in [0.29, 0.717) is 29.3 Å². The van der Waals surface area contributed by atoms with Gasteiger partial charge in [-0.05, 0) is 47.4 Å². The fraction of sp³-hybridized carbons (Fsp3) is 0.111. The summed E-state index contributed by atoms with van der Waals surface area (Å²) in [5.74, 6) is 0.678. The lowest BCUT2D eigenvalue weighted by Crippen LogP contribution is -2.27. The largest absolute Gasteiger partial charge is 0.491 e. The highest BCUT2D eigenvalue weighted by Crippen LogP contribution is 2.25. The second kappa shape index (κ2) is 6.20. The first-order valence-electron chi connectivity index (χ1n) is 7.73. The number of rotatable bonds is 3. The standard InChI is InChI=1S/C18H14BNO5/c1-23-18(21)12-2-6-16-11(8-12)3-7-17(20-16)25-14-4-5-15-13(9-14)10-24-19(15)22/h2-9,22H,10H2,1H3. The van der Waals surface area contributed by atoms with Crippen LogP contribution in [-0.2, 0) is 16.0 Å². The van der Waals surface area contributed by atoms with Crippen molar-refractivity contribution in [1.82, 2.24) is 4.98 Å². The molecule has 1 aromatic heterocycles. The number of hydrogen-bond acceptors (Lipinski definition) is 6. The van der Waals surface area contributed by atoms with E-state index in [2.05, 4.69) is 4.98 Å². The molecule has 7 heteroatoms. The molecule has 2 heterocycles. The zero-order chi connectivity index (χ0) is 17.4. The van der Waals surface area contributed by atoms with Gasteiger partial charge in [0.05, 0.1) is 24.8 Å². The van der Waals surface area contributed by atoms with Gasteiger partial charge in [0.2, 0.25) is 5.88 Å². The summed E-state index contributed by atoms with van der Waals surface area (Å²) in [6.45, 7) is 0.356. The minimum Gasteiger partial charge on any atom is -0.465 e. The third-order valence-corrected chi connectivity index (χ3v) is 4.08. The number of nitrogens with zero attached hydrogens (tertiary/aromatic N) is 1. The fourth-order valence-electron chi connectivity index (χ4n) is 2.80. The molecule has 0 aliphatic carbocycles. The second-order valence-corrected chi connectivity index (χ2v) is 5.67. The third kappa shape index (κ3) is 2.95. The molecule has 0 fully saturated rings. The number of fused-ring (bicyclic) bond motifs is 2. The van der Waals surface area contributed by atoms with Gasteiger partial charge in [-0.15, -0.1) is 0 Å². The lowest BCUT2D eigenvalue weighted by molar-refractivity contribution is 0.0601. The minimum atomic E-state index is -0.869. The molecule has 2 aromatic carbocycles. The van der Waals surface area contributed by atoms with Gasteiger partial charge in [-0.1, -0.05) is 6.07 Å². The highest BCUT2D eigenvalue weighted by atomic mass is 16.5. The van der Waals surface area contributed by atoms with Gasteiger partial charge in [-0.25, -0.2) is 9.78 Å². The number of aromatic nitrogens is 1. The highest BCUT2D eigenvalue weighted by molar-refractivity contribution is 6.61. The molecule has 25 heavy (non-hydrogen) atoms. The molecule has 3 aromatic rings. The van der Waals surface area contributed by atoms with Crippen molar-refractivity contribution in [3.05, 3.63) is 59.7 Å². The van der Waals surface area contributed by atoms with Crippen LogP contribution in [0.1, 0.15) is 15.9 Å². The van der Waals surface area contributed by atoms with E-state index in [4.69, 9.17) is 14.1 Å². The molecule has 0 bridgehead atoms. The molecule has 0 amide bonds. The summed E-state index contributed by atoms with van der Waals surface area (Å²) in [6, 6.07) is 14.1. The van der Waals surface area contributed by atoms with Gasteiger partial charge in [0.1, 0.15) is 5.75 Å². The SMILES string of the molecule is COC(=O)c1ccc2nc(Oc3ccc4c(c3)COB4O)ccc2c1. The maximum absolute atomic E-state index is 11.6. The predicted molar refractivity (Wildman–Crippen MR) is 92.0 cm³/mol. The van der Waals surface area contributed by atoms with Crippen molar-refractivity contribution in [3.63, 3.8) is 0 Å². The predicted octanol–water partition coefficient (Wildman–Crippen LogP) is 2.03. The molecule has 124 valence electrons. The van der Waals surface area contributed by atoms with Crippen LogP contribution in [0.5, 0.6) is 11.6 Å². The Morgan fingerprint density at radius 2 is 2.08 bits per heavy atom. The van der Waals surface area contributed by atoms with E-state index in [1.54, 1.807) is 36.4 Å².